The van der Waals surface area contributed by atoms with Crippen molar-refractivity contribution in [1.29, 1.82) is 0 Å². The number of rotatable bonds is 5. The normalized spacial score (nSPS) is 11.3. The zero-order valence-corrected chi connectivity index (χ0v) is 11.9. The Labute approximate surface area is 116 Å². The molecule has 100 valence electrons. The van der Waals surface area contributed by atoms with Gasteiger partial charge in [0.2, 0.25) is 15.9 Å². The molecule has 0 aliphatic rings. The van der Waals surface area contributed by atoms with Crippen molar-refractivity contribution in [2.75, 3.05) is 16.6 Å². The van der Waals surface area contributed by atoms with Crippen LogP contribution in [0.4, 0.5) is 5.69 Å². The number of benzene rings is 1. The Bertz CT molecular complexity index is 560. The van der Waals surface area contributed by atoms with Gasteiger partial charge in [0.25, 0.3) is 0 Å². The summed E-state index contributed by atoms with van der Waals surface area (Å²) >= 11 is 11.7. The SMILES string of the molecule is CCS(=O)(=O)N(CC(N)=O)c1cc(Cl)ccc1Cl. The number of carbonyl (C=O) groups is 1. The number of hydrogen-bond donors (Lipinski definition) is 1. The minimum absolute atomic E-state index is 0.143. The molecule has 0 fully saturated rings. The highest BCUT2D eigenvalue weighted by molar-refractivity contribution is 7.92. The highest BCUT2D eigenvalue weighted by Gasteiger charge is 2.24. The summed E-state index contributed by atoms with van der Waals surface area (Å²) in [7, 11) is -3.66. The number of nitrogens with two attached hydrogens (primary N) is 1. The number of halogens is 2. The molecule has 0 aliphatic carbocycles. The fourth-order valence-electron chi connectivity index (χ4n) is 1.31. The molecule has 1 amide bonds. The fraction of sp³-hybridized carbons (Fsp3) is 0.300. The summed E-state index contributed by atoms with van der Waals surface area (Å²) in [5.41, 5.74) is 5.19. The summed E-state index contributed by atoms with van der Waals surface area (Å²) < 4.78 is 24.7. The largest absolute Gasteiger partial charge is 0.368 e. The molecule has 0 radical (unpaired) electrons. The van der Waals surface area contributed by atoms with Gasteiger partial charge in [0, 0.05) is 5.02 Å². The van der Waals surface area contributed by atoms with Crippen molar-refractivity contribution in [2.24, 2.45) is 5.73 Å². The van der Waals surface area contributed by atoms with Crippen molar-refractivity contribution in [1.82, 2.24) is 0 Å². The summed E-state index contributed by atoms with van der Waals surface area (Å²) in [6.45, 7) is 0.984. The molecule has 0 aromatic heterocycles. The smallest absolute Gasteiger partial charge is 0.238 e. The third kappa shape index (κ3) is 3.51. The number of sulfonamides is 1. The highest BCUT2D eigenvalue weighted by Crippen LogP contribution is 2.30. The van der Waals surface area contributed by atoms with E-state index >= 15 is 0 Å². The minimum atomic E-state index is -3.66. The molecule has 0 aliphatic heterocycles. The third-order valence-electron chi connectivity index (χ3n) is 2.18. The number of amides is 1. The van der Waals surface area contributed by atoms with E-state index < -0.39 is 22.5 Å². The van der Waals surface area contributed by atoms with Crippen LogP contribution in [-0.2, 0) is 14.8 Å². The number of carbonyl (C=O) groups excluding carboxylic acids is 1. The van der Waals surface area contributed by atoms with E-state index in [-0.39, 0.29) is 16.5 Å². The predicted octanol–water partition coefficient (Wildman–Crippen LogP) is 1.63. The van der Waals surface area contributed by atoms with E-state index in [9.17, 15) is 13.2 Å². The van der Waals surface area contributed by atoms with Gasteiger partial charge < -0.3 is 5.73 Å². The number of nitrogens with zero attached hydrogens (tertiary/aromatic N) is 1. The Morgan fingerprint density at radius 3 is 2.50 bits per heavy atom. The average Bonchev–Trinajstić information content (AvgIpc) is 2.29. The lowest BCUT2D eigenvalue weighted by atomic mass is 10.3. The van der Waals surface area contributed by atoms with Gasteiger partial charge in [0.15, 0.2) is 0 Å². The van der Waals surface area contributed by atoms with E-state index in [1.54, 1.807) is 0 Å². The summed E-state index contributed by atoms with van der Waals surface area (Å²) in [5.74, 6) is -0.952. The first-order valence-corrected chi connectivity index (χ1v) is 7.38. The zero-order chi connectivity index (χ0) is 13.9. The van der Waals surface area contributed by atoms with Crippen molar-refractivity contribution in [3.8, 4) is 0 Å². The van der Waals surface area contributed by atoms with Crippen molar-refractivity contribution in [3.05, 3.63) is 28.2 Å². The molecule has 0 atom stereocenters. The topological polar surface area (TPSA) is 80.5 Å². The van der Waals surface area contributed by atoms with Crippen LogP contribution < -0.4 is 10.0 Å². The minimum Gasteiger partial charge on any atom is -0.368 e. The second-order valence-corrected chi connectivity index (χ2v) is 6.49. The Hall–Kier alpha value is -0.980. The third-order valence-corrected chi connectivity index (χ3v) is 4.46. The lowest BCUT2D eigenvalue weighted by Gasteiger charge is -2.23. The maximum Gasteiger partial charge on any atom is 0.238 e. The van der Waals surface area contributed by atoms with Crippen LogP contribution in [0.15, 0.2) is 18.2 Å². The predicted molar refractivity (Wildman–Crippen MR) is 72.5 cm³/mol. The number of anilines is 1. The molecule has 0 saturated heterocycles. The molecule has 2 N–H and O–H groups in total. The lowest BCUT2D eigenvalue weighted by molar-refractivity contribution is -0.116. The number of primary amides is 1. The van der Waals surface area contributed by atoms with Crippen molar-refractivity contribution in [2.45, 2.75) is 6.92 Å². The molecule has 8 heteroatoms. The summed E-state index contributed by atoms with van der Waals surface area (Å²) in [4.78, 5) is 11.0. The van der Waals surface area contributed by atoms with Crippen LogP contribution in [0.25, 0.3) is 0 Å². The standard InChI is InChI=1S/C10H12Cl2N2O3S/c1-2-18(16,17)14(6-10(13)15)9-5-7(11)3-4-8(9)12/h3-5H,2,6H2,1H3,(H2,13,15). The quantitative estimate of drug-likeness (QED) is 0.897. The first-order valence-electron chi connectivity index (χ1n) is 5.01. The van der Waals surface area contributed by atoms with E-state index in [0.29, 0.717) is 5.02 Å². The fourth-order valence-corrected chi connectivity index (χ4v) is 2.83. The highest BCUT2D eigenvalue weighted by atomic mass is 35.5. The zero-order valence-electron chi connectivity index (χ0n) is 9.56. The second kappa shape index (κ2) is 5.77. The first-order chi connectivity index (χ1) is 8.27. The van der Waals surface area contributed by atoms with Crippen LogP contribution in [0.1, 0.15) is 6.92 Å². The van der Waals surface area contributed by atoms with Gasteiger partial charge in [-0.1, -0.05) is 23.2 Å². The maximum absolute atomic E-state index is 11.9. The van der Waals surface area contributed by atoms with Gasteiger partial charge in [-0.3, -0.25) is 9.10 Å². The van der Waals surface area contributed by atoms with Gasteiger partial charge in [0.1, 0.15) is 6.54 Å². The van der Waals surface area contributed by atoms with Crippen LogP contribution >= 0.6 is 23.2 Å². The van der Waals surface area contributed by atoms with Crippen LogP contribution in [0.2, 0.25) is 10.0 Å². The van der Waals surface area contributed by atoms with Gasteiger partial charge in [-0.05, 0) is 25.1 Å². The molecule has 0 unspecified atom stereocenters. The summed E-state index contributed by atoms with van der Waals surface area (Å²) in [6.07, 6.45) is 0. The van der Waals surface area contributed by atoms with Crippen molar-refractivity contribution < 1.29 is 13.2 Å². The molecule has 5 nitrogen and oxygen atoms in total. The van der Waals surface area contributed by atoms with Gasteiger partial charge >= 0.3 is 0 Å². The maximum atomic E-state index is 11.9. The Kier molecular flexibility index (Phi) is 4.84. The lowest BCUT2D eigenvalue weighted by Crippen LogP contribution is -2.39. The summed E-state index contributed by atoms with van der Waals surface area (Å²) in [5, 5.41) is 0.493. The Morgan fingerprint density at radius 1 is 1.39 bits per heavy atom. The van der Waals surface area contributed by atoms with Crippen molar-refractivity contribution >= 4 is 44.8 Å². The van der Waals surface area contributed by atoms with Gasteiger partial charge in [0.05, 0.1) is 16.5 Å². The van der Waals surface area contributed by atoms with Crippen LogP contribution in [0.3, 0.4) is 0 Å². The molecular formula is C10H12Cl2N2O3S. The van der Waals surface area contributed by atoms with E-state index in [4.69, 9.17) is 28.9 Å². The van der Waals surface area contributed by atoms with Gasteiger partial charge in [-0.25, -0.2) is 8.42 Å². The Balaban J connectivity index is 3.34. The first kappa shape index (κ1) is 15.1. The molecule has 1 aromatic rings. The second-order valence-electron chi connectivity index (χ2n) is 3.47. The Morgan fingerprint density at radius 2 is 2.00 bits per heavy atom. The molecule has 0 spiro atoms. The van der Waals surface area contributed by atoms with E-state index in [1.807, 2.05) is 0 Å². The molecule has 18 heavy (non-hydrogen) atoms. The van der Waals surface area contributed by atoms with E-state index in [2.05, 4.69) is 0 Å². The number of hydrogen-bond acceptors (Lipinski definition) is 3. The molecule has 0 saturated carbocycles. The molecular weight excluding hydrogens is 299 g/mol. The van der Waals surface area contributed by atoms with Gasteiger partial charge in [-0.2, -0.15) is 0 Å². The monoisotopic (exact) mass is 310 g/mol. The van der Waals surface area contributed by atoms with Gasteiger partial charge in [-0.15, -0.1) is 0 Å². The molecule has 0 heterocycles. The molecule has 0 bridgehead atoms. The van der Waals surface area contributed by atoms with E-state index in [0.717, 1.165) is 4.31 Å². The molecule has 1 rings (SSSR count). The summed E-state index contributed by atoms with van der Waals surface area (Å²) in [6, 6.07) is 4.35. The molecule has 1 aromatic carbocycles. The van der Waals surface area contributed by atoms with Crippen LogP contribution in [0, 0.1) is 0 Å². The van der Waals surface area contributed by atoms with E-state index in [1.165, 1.54) is 25.1 Å². The van der Waals surface area contributed by atoms with Crippen LogP contribution in [-0.4, -0.2) is 26.6 Å². The van der Waals surface area contributed by atoms with Crippen molar-refractivity contribution in [3.63, 3.8) is 0 Å². The van der Waals surface area contributed by atoms with Crippen LogP contribution in [0.5, 0.6) is 0 Å². The average molecular weight is 311 g/mol.